The van der Waals surface area contributed by atoms with Gasteiger partial charge in [0.2, 0.25) is 0 Å². The van der Waals surface area contributed by atoms with Gasteiger partial charge in [-0.15, -0.1) is 0 Å². The Kier molecular flexibility index (Phi) is 5.20. The molecular formula is C14H20N2O4. The molecule has 1 amide bonds. The van der Waals surface area contributed by atoms with E-state index in [1.165, 1.54) is 0 Å². The van der Waals surface area contributed by atoms with Gasteiger partial charge in [-0.05, 0) is 12.1 Å². The van der Waals surface area contributed by atoms with E-state index in [0.717, 1.165) is 13.2 Å². The van der Waals surface area contributed by atoms with Crippen LogP contribution in [0.2, 0.25) is 0 Å². The molecule has 0 bridgehead atoms. The summed E-state index contributed by atoms with van der Waals surface area (Å²) in [6, 6.07) is 5.25. The topological polar surface area (TPSA) is 68.8 Å². The largest absolute Gasteiger partial charge is 0.497 e. The predicted octanol–water partition coefficient (Wildman–Crippen LogP) is 0.422. The molecule has 1 atom stereocenters. The van der Waals surface area contributed by atoms with Gasteiger partial charge in [-0.25, -0.2) is 0 Å². The highest BCUT2D eigenvalue weighted by molar-refractivity contribution is 5.95. The second-order valence-electron chi connectivity index (χ2n) is 4.54. The molecule has 1 fully saturated rings. The fraction of sp³-hybridized carbons (Fsp3) is 0.500. The minimum absolute atomic E-state index is 0.153. The van der Waals surface area contributed by atoms with E-state index in [1.54, 1.807) is 32.4 Å². The van der Waals surface area contributed by atoms with Crippen molar-refractivity contribution in [1.82, 2.24) is 10.6 Å². The summed E-state index contributed by atoms with van der Waals surface area (Å²) in [5.41, 5.74) is 0.512. The normalized spacial score (nSPS) is 18.4. The van der Waals surface area contributed by atoms with Gasteiger partial charge in [-0.1, -0.05) is 0 Å². The van der Waals surface area contributed by atoms with Crippen LogP contribution in [-0.4, -0.2) is 52.5 Å². The maximum Gasteiger partial charge on any atom is 0.251 e. The number of benzene rings is 1. The smallest absolute Gasteiger partial charge is 0.251 e. The zero-order valence-electron chi connectivity index (χ0n) is 11.8. The van der Waals surface area contributed by atoms with Crippen LogP contribution in [0, 0.1) is 0 Å². The van der Waals surface area contributed by atoms with E-state index in [9.17, 15) is 4.79 Å². The first-order chi connectivity index (χ1) is 9.72. The summed E-state index contributed by atoms with van der Waals surface area (Å²) in [5, 5.41) is 6.16. The molecular weight excluding hydrogens is 260 g/mol. The summed E-state index contributed by atoms with van der Waals surface area (Å²) < 4.78 is 15.6. The first-order valence-corrected chi connectivity index (χ1v) is 6.55. The van der Waals surface area contributed by atoms with Crippen molar-refractivity contribution in [3.8, 4) is 11.5 Å². The third-order valence-corrected chi connectivity index (χ3v) is 3.12. The van der Waals surface area contributed by atoms with E-state index < -0.39 is 0 Å². The monoisotopic (exact) mass is 280 g/mol. The standard InChI is InChI=1S/C14H20N2O4/c1-18-12-5-10(6-13(7-12)19-2)14(17)16-8-11-9-20-4-3-15-11/h5-7,11,15H,3-4,8-9H2,1-2H3,(H,16,17). The summed E-state index contributed by atoms with van der Waals surface area (Å²) in [4.78, 5) is 12.1. The number of hydrogen-bond acceptors (Lipinski definition) is 5. The lowest BCUT2D eigenvalue weighted by Gasteiger charge is -2.24. The lowest BCUT2D eigenvalue weighted by atomic mass is 10.1. The predicted molar refractivity (Wildman–Crippen MR) is 74.5 cm³/mol. The minimum Gasteiger partial charge on any atom is -0.497 e. The van der Waals surface area contributed by atoms with E-state index in [2.05, 4.69) is 10.6 Å². The Hall–Kier alpha value is -1.79. The van der Waals surface area contributed by atoms with Gasteiger partial charge in [-0.3, -0.25) is 4.79 Å². The van der Waals surface area contributed by atoms with Crippen LogP contribution in [0.25, 0.3) is 0 Å². The molecule has 1 heterocycles. The van der Waals surface area contributed by atoms with Crippen LogP contribution < -0.4 is 20.1 Å². The number of morpholine rings is 1. The molecule has 1 saturated heterocycles. The molecule has 2 rings (SSSR count). The quantitative estimate of drug-likeness (QED) is 0.818. The van der Waals surface area contributed by atoms with Crippen molar-refractivity contribution in [2.75, 3.05) is 40.5 Å². The average Bonchev–Trinajstić information content (AvgIpc) is 2.52. The number of carbonyl (C=O) groups excluding carboxylic acids is 1. The van der Waals surface area contributed by atoms with Crippen LogP contribution in [0.4, 0.5) is 0 Å². The van der Waals surface area contributed by atoms with Crippen LogP contribution in [0.15, 0.2) is 18.2 Å². The van der Waals surface area contributed by atoms with E-state index in [-0.39, 0.29) is 11.9 Å². The molecule has 1 aliphatic rings. The van der Waals surface area contributed by atoms with Crippen molar-refractivity contribution >= 4 is 5.91 Å². The summed E-state index contributed by atoms with van der Waals surface area (Å²) >= 11 is 0. The molecule has 110 valence electrons. The number of ether oxygens (including phenoxy) is 3. The molecule has 6 nitrogen and oxygen atoms in total. The zero-order chi connectivity index (χ0) is 14.4. The average molecular weight is 280 g/mol. The van der Waals surface area contributed by atoms with Crippen molar-refractivity contribution in [2.45, 2.75) is 6.04 Å². The molecule has 0 aromatic heterocycles. The third kappa shape index (κ3) is 3.85. The lowest BCUT2D eigenvalue weighted by Crippen LogP contribution is -2.48. The summed E-state index contributed by atoms with van der Waals surface area (Å²) in [7, 11) is 3.11. The van der Waals surface area contributed by atoms with Gasteiger partial charge in [0.25, 0.3) is 5.91 Å². The maximum absolute atomic E-state index is 12.1. The fourth-order valence-electron chi connectivity index (χ4n) is 2.01. The highest BCUT2D eigenvalue weighted by Crippen LogP contribution is 2.22. The third-order valence-electron chi connectivity index (χ3n) is 3.12. The van der Waals surface area contributed by atoms with Crippen molar-refractivity contribution in [3.63, 3.8) is 0 Å². The Morgan fingerprint density at radius 3 is 2.60 bits per heavy atom. The SMILES string of the molecule is COc1cc(OC)cc(C(=O)NCC2COCCN2)c1. The van der Waals surface area contributed by atoms with Crippen molar-refractivity contribution in [3.05, 3.63) is 23.8 Å². The molecule has 2 N–H and O–H groups in total. The van der Waals surface area contributed by atoms with Crippen LogP contribution in [0.3, 0.4) is 0 Å². The molecule has 6 heteroatoms. The molecule has 0 saturated carbocycles. The Labute approximate surface area is 118 Å². The van der Waals surface area contributed by atoms with Gasteiger partial charge < -0.3 is 24.8 Å². The summed E-state index contributed by atoms with van der Waals surface area (Å²) in [5.74, 6) is 1.02. The molecule has 1 aromatic rings. The van der Waals surface area contributed by atoms with Crippen LogP contribution in [-0.2, 0) is 4.74 Å². The first kappa shape index (κ1) is 14.6. The fourth-order valence-corrected chi connectivity index (χ4v) is 2.01. The second kappa shape index (κ2) is 7.12. The van der Waals surface area contributed by atoms with Gasteiger partial charge in [0.15, 0.2) is 0 Å². The molecule has 1 aromatic carbocycles. The Bertz CT molecular complexity index is 436. The molecule has 0 aliphatic carbocycles. The van der Waals surface area contributed by atoms with Crippen LogP contribution in [0.1, 0.15) is 10.4 Å². The van der Waals surface area contributed by atoms with Crippen molar-refractivity contribution < 1.29 is 19.0 Å². The van der Waals surface area contributed by atoms with Gasteiger partial charge in [0.05, 0.1) is 27.4 Å². The lowest BCUT2D eigenvalue weighted by molar-refractivity contribution is 0.0734. The molecule has 1 aliphatic heterocycles. The first-order valence-electron chi connectivity index (χ1n) is 6.55. The van der Waals surface area contributed by atoms with E-state index in [0.29, 0.717) is 30.2 Å². The van der Waals surface area contributed by atoms with Crippen molar-refractivity contribution in [1.29, 1.82) is 0 Å². The van der Waals surface area contributed by atoms with Crippen LogP contribution >= 0.6 is 0 Å². The van der Waals surface area contributed by atoms with Gasteiger partial charge in [0.1, 0.15) is 11.5 Å². The summed E-state index contributed by atoms with van der Waals surface area (Å²) in [6.45, 7) is 2.67. The van der Waals surface area contributed by atoms with E-state index in [4.69, 9.17) is 14.2 Å². The number of amides is 1. The van der Waals surface area contributed by atoms with Crippen molar-refractivity contribution in [2.24, 2.45) is 0 Å². The summed E-state index contributed by atoms with van der Waals surface area (Å²) in [6.07, 6.45) is 0. The Morgan fingerprint density at radius 1 is 1.35 bits per heavy atom. The number of nitrogens with one attached hydrogen (secondary N) is 2. The highest BCUT2D eigenvalue weighted by atomic mass is 16.5. The van der Waals surface area contributed by atoms with Crippen LogP contribution in [0.5, 0.6) is 11.5 Å². The Morgan fingerprint density at radius 2 is 2.05 bits per heavy atom. The highest BCUT2D eigenvalue weighted by Gasteiger charge is 2.15. The molecule has 20 heavy (non-hydrogen) atoms. The number of rotatable bonds is 5. The second-order valence-corrected chi connectivity index (χ2v) is 4.54. The number of methoxy groups -OCH3 is 2. The maximum atomic E-state index is 12.1. The number of hydrogen-bond donors (Lipinski definition) is 2. The van der Waals surface area contributed by atoms with E-state index >= 15 is 0 Å². The Balaban J connectivity index is 1.97. The van der Waals surface area contributed by atoms with Gasteiger partial charge in [-0.2, -0.15) is 0 Å². The van der Waals surface area contributed by atoms with Gasteiger partial charge >= 0.3 is 0 Å². The molecule has 1 unspecified atom stereocenters. The molecule has 0 spiro atoms. The van der Waals surface area contributed by atoms with E-state index in [1.807, 2.05) is 0 Å². The zero-order valence-corrected chi connectivity index (χ0v) is 11.8. The molecule has 0 radical (unpaired) electrons. The number of carbonyl (C=O) groups is 1. The van der Waals surface area contributed by atoms with Gasteiger partial charge in [0, 0.05) is 30.8 Å². The minimum atomic E-state index is -0.158.